The fraction of sp³-hybridized carbons (Fsp3) is 0.294. The Morgan fingerprint density at radius 2 is 2.04 bits per heavy atom. The van der Waals surface area contributed by atoms with Crippen molar-refractivity contribution in [3.05, 3.63) is 50.4 Å². The number of benzene rings is 1. The highest BCUT2D eigenvalue weighted by molar-refractivity contribution is 7.99. The fourth-order valence-corrected chi connectivity index (χ4v) is 4.34. The zero-order valence-corrected chi connectivity index (χ0v) is 16.3. The molecule has 0 bridgehead atoms. The predicted octanol–water partition coefficient (Wildman–Crippen LogP) is 1.23. The van der Waals surface area contributed by atoms with Gasteiger partial charge in [0.1, 0.15) is 6.54 Å². The van der Waals surface area contributed by atoms with Crippen molar-refractivity contribution in [2.45, 2.75) is 11.4 Å². The first-order chi connectivity index (χ1) is 12.9. The van der Waals surface area contributed by atoms with Gasteiger partial charge in [-0.1, -0.05) is 11.6 Å². The second-order valence-electron chi connectivity index (χ2n) is 6.26. The number of aromatic nitrogens is 4. The van der Waals surface area contributed by atoms with Crippen LogP contribution < -0.4 is 16.1 Å². The molecular formula is C17H16ClN5O3S. The van der Waals surface area contributed by atoms with Crippen molar-refractivity contribution in [2.75, 3.05) is 17.2 Å². The molecule has 4 rings (SSSR count). The lowest BCUT2D eigenvalue weighted by Gasteiger charge is -2.29. The van der Waals surface area contributed by atoms with Crippen LogP contribution in [0, 0.1) is 0 Å². The monoisotopic (exact) mass is 405 g/mol. The average molecular weight is 406 g/mol. The molecule has 1 aliphatic rings. The third-order valence-electron chi connectivity index (χ3n) is 4.61. The van der Waals surface area contributed by atoms with Crippen LogP contribution in [0.5, 0.6) is 0 Å². The Morgan fingerprint density at radius 1 is 1.26 bits per heavy atom. The molecule has 8 nitrogen and oxygen atoms in total. The van der Waals surface area contributed by atoms with Crippen LogP contribution in [0.3, 0.4) is 0 Å². The second-order valence-corrected chi connectivity index (χ2v) is 7.83. The van der Waals surface area contributed by atoms with Crippen LogP contribution in [0.1, 0.15) is 0 Å². The number of imidazole rings is 1. The smallest absolute Gasteiger partial charge is 0.315 e. The highest BCUT2D eigenvalue weighted by Gasteiger charge is 2.25. The van der Waals surface area contributed by atoms with E-state index < -0.39 is 11.2 Å². The molecule has 10 heteroatoms. The van der Waals surface area contributed by atoms with Gasteiger partial charge in [0.05, 0.1) is 12.0 Å². The number of carbonyl (C=O) groups excluding carboxylic acids is 1. The first-order valence-electron chi connectivity index (χ1n) is 8.22. The number of hydrogen-bond donors (Lipinski definition) is 0. The SMILES string of the molecule is Cn1c(=O)c2c(ncn2CC(=O)N2CCSc3ccc(Cl)cc32)n(C)c1=O. The summed E-state index contributed by atoms with van der Waals surface area (Å²) in [7, 11) is 2.95. The Morgan fingerprint density at radius 3 is 2.81 bits per heavy atom. The van der Waals surface area contributed by atoms with Gasteiger partial charge in [-0.05, 0) is 18.2 Å². The zero-order chi connectivity index (χ0) is 19.3. The van der Waals surface area contributed by atoms with Crippen molar-refractivity contribution < 1.29 is 4.79 Å². The Hall–Kier alpha value is -2.52. The lowest BCUT2D eigenvalue weighted by atomic mass is 10.2. The number of aryl methyl sites for hydroxylation is 1. The predicted molar refractivity (Wildman–Crippen MR) is 105 cm³/mol. The number of anilines is 1. The molecule has 0 saturated carbocycles. The second kappa shape index (κ2) is 6.58. The van der Waals surface area contributed by atoms with Gasteiger partial charge in [0, 0.05) is 36.3 Å². The summed E-state index contributed by atoms with van der Waals surface area (Å²) in [6.45, 7) is 0.501. The van der Waals surface area contributed by atoms with Gasteiger partial charge in [-0.25, -0.2) is 9.78 Å². The number of carbonyl (C=O) groups is 1. The number of hydrogen-bond acceptors (Lipinski definition) is 5. The van der Waals surface area contributed by atoms with Crippen LogP contribution in [0.4, 0.5) is 5.69 Å². The molecule has 1 amide bonds. The molecule has 1 aromatic carbocycles. The van der Waals surface area contributed by atoms with Crippen LogP contribution in [0.25, 0.3) is 11.2 Å². The van der Waals surface area contributed by atoms with Crippen molar-refractivity contribution >= 4 is 46.1 Å². The third kappa shape index (κ3) is 2.87. The van der Waals surface area contributed by atoms with Crippen LogP contribution >= 0.6 is 23.4 Å². The molecule has 3 aromatic rings. The first kappa shape index (κ1) is 17.9. The maximum atomic E-state index is 13.0. The molecule has 0 fully saturated rings. The summed E-state index contributed by atoms with van der Waals surface area (Å²) in [5.74, 6) is 0.607. The van der Waals surface area contributed by atoms with E-state index in [-0.39, 0.29) is 23.6 Å². The van der Waals surface area contributed by atoms with Crippen molar-refractivity contribution in [3.63, 3.8) is 0 Å². The number of fused-ring (bicyclic) bond motifs is 2. The van der Waals surface area contributed by atoms with E-state index in [1.54, 1.807) is 35.8 Å². The van der Waals surface area contributed by atoms with Crippen molar-refractivity contribution in [3.8, 4) is 0 Å². The maximum Gasteiger partial charge on any atom is 0.332 e. The minimum Gasteiger partial charge on any atom is -0.315 e. The molecule has 3 heterocycles. The number of rotatable bonds is 2. The summed E-state index contributed by atoms with van der Waals surface area (Å²) in [5, 5.41) is 0.561. The van der Waals surface area contributed by atoms with E-state index in [1.807, 2.05) is 6.07 Å². The van der Waals surface area contributed by atoms with Gasteiger partial charge < -0.3 is 9.47 Å². The van der Waals surface area contributed by atoms with Gasteiger partial charge in [0.25, 0.3) is 5.56 Å². The van der Waals surface area contributed by atoms with E-state index in [0.717, 1.165) is 20.9 Å². The summed E-state index contributed by atoms with van der Waals surface area (Å²) in [5.41, 5.74) is 0.324. The summed E-state index contributed by atoms with van der Waals surface area (Å²) >= 11 is 7.77. The summed E-state index contributed by atoms with van der Waals surface area (Å²) in [4.78, 5) is 44.4. The van der Waals surface area contributed by atoms with E-state index in [4.69, 9.17) is 11.6 Å². The molecule has 2 aromatic heterocycles. The Bertz CT molecular complexity index is 1200. The van der Waals surface area contributed by atoms with E-state index in [9.17, 15) is 14.4 Å². The number of halogens is 1. The molecule has 1 aliphatic heterocycles. The highest BCUT2D eigenvalue weighted by atomic mass is 35.5. The van der Waals surface area contributed by atoms with Gasteiger partial charge in [0.15, 0.2) is 11.2 Å². The lowest BCUT2D eigenvalue weighted by Crippen LogP contribution is -2.39. The number of amides is 1. The zero-order valence-electron chi connectivity index (χ0n) is 14.7. The molecule has 0 unspecified atom stereocenters. The van der Waals surface area contributed by atoms with E-state index in [0.29, 0.717) is 11.6 Å². The summed E-state index contributed by atoms with van der Waals surface area (Å²) in [6.07, 6.45) is 1.42. The highest BCUT2D eigenvalue weighted by Crippen LogP contribution is 2.36. The molecule has 0 spiro atoms. The molecule has 0 saturated heterocycles. The van der Waals surface area contributed by atoms with Crippen LogP contribution in [-0.2, 0) is 25.4 Å². The molecule has 0 radical (unpaired) electrons. The minimum absolute atomic E-state index is 0.0550. The van der Waals surface area contributed by atoms with E-state index in [2.05, 4.69) is 4.98 Å². The summed E-state index contributed by atoms with van der Waals surface area (Å²) in [6, 6.07) is 5.48. The summed E-state index contributed by atoms with van der Waals surface area (Å²) < 4.78 is 3.80. The van der Waals surface area contributed by atoms with Crippen LogP contribution in [0.2, 0.25) is 5.02 Å². The molecule has 0 aliphatic carbocycles. The topological polar surface area (TPSA) is 82.1 Å². The largest absolute Gasteiger partial charge is 0.332 e. The van der Waals surface area contributed by atoms with Crippen molar-refractivity contribution in [2.24, 2.45) is 14.1 Å². The van der Waals surface area contributed by atoms with Gasteiger partial charge in [-0.3, -0.25) is 18.7 Å². The van der Waals surface area contributed by atoms with Crippen LogP contribution in [0.15, 0.2) is 39.0 Å². The van der Waals surface area contributed by atoms with E-state index in [1.165, 1.54) is 22.5 Å². The van der Waals surface area contributed by atoms with Gasteiger partial charge >= 0.3 is 5.69 Å². The standard InChI is InChI=1S/C17H16ClN5O3S/c1-20-15-14(16(25)21(2)17(20)26)22(9-19-15)8-13(24)23-5-6-27-12-4-3-10(18)7-11(12)23/h3-4,7,9H,5-6,8H2,1-2H3. The molecule has 0 N–H and O–H groups in total. The van der Waals surface area contributed by atoms with Crippen LogP contribution in [-0.4, -0.2) is 36.9 Å². The molecule has 27 heavy (non-hydrogen) atoms. The normalized spacial score (nSPS) is 13.8. The van der Waals surface area contributed by atoms with E-state index >= 15 is 0 Å². The quantitative estimate of drug-likeness (QED) is 0.640. The minimum atomic E-state index is -0.476. The third-order valence-corrected chi connectivity index (χ3v) is 5.89. The average Bonchev–Trinajstić information content (AvgIpc) is 3.07. The Balaban J connectivity index is 1.74. The lowest BCUT2D eigenvalue weighted by molar-refractivity contribution is -0.119. The Labute approximate surface area is 163 Å². The van der Waals surface area contributed by atoms with Gasteiger partial charge in [-0.15, -0.1) is 11.8 Å². The fourth-order valence-electron chi connectivity index (χ4n) is 3.20. The molecule has 140 valence electrons. The first-order valence-corrected chi connectivity index (χ1v) is 9.58. The number of thioether (sulfide) groups is 1. The Kier molecular flexibility index (Phi) is 4.35. The van der Waals surface area contributed by atoms with Gasteiger partial charge in [0.2, 0.25) is 5.91 Å². The maximum absolute atomic E-state index is 13.0. The van der Waals surface area contributed by atoms with Crippen molar-refractivity contribution in [1.82, 2.24) is 18.7 Å². The van der Waals surface area contributed by atoms with Crippen molar-refractivity contribution in [1.29, 1.82) is 0 Å². The molecular weight excluding hydrogens is 390 g/mol. The van der Waals surface area contributed by atoms with Gasteiger partial charge in [-0.2, -0.15) is 0 Å². The molecule has 0 atom stereocenters. The number of nitrogens with zero attached hydrogens (tertiary/aromatic N) is 5.